The van der Waals surface area contributed by atoms with E-state index >= 15 is 0 Å². The zero-order valence-corrected chi connectivity index (χ0v) is 16.3. The Balaban J connectivity index is 1.72. The molecule has 5 rings (SSSR count). The molecule has 1 aliphatic carbocycles. The molecule has 0 aliphatic heterocycles. The smallest absolute Gasteiger partial charge is 0.232 e. The highest BCUT2D eigenvalue weighted by Crippen LogP contribution is 2.38. The molecule has 144 valence electrons. The van der Waals surface area contributed by atoms with Gasteiger partial charge in [-0.3, -0.25) is 9.59 Å². The molecule has 1 aromatic heterocycles. The number of hydrogen-bond donors (Lipinski definition) is 0. The van der Waals surface area contributed by atoms with Gasteiger partial charge in [0, 0.05) is 16.7 Å². The van der Waals surface area contributed by atoms with Crippen LogP contribution in [0.25, 0.3) is 22.6 Å². The molecular weight excluding hydrogens is 374 g/mol. The van der Waals surface area contributed by atoms with Gasteiger partial charge in [0.15, 0.2) is 5.69 Å². The molecule has 1 aliphatic rings. The normalized spacial score (nSPS) is 13.5. The average Bonchev–Trinajstić information content (AvgIpc) is 3.24. The molecule has 0 fully saturated rings. The molecule has 0 unspecified atom stereocenters. The van der Waals surface area contributed by atoms with Crippen LogP contribution in [0.4, 0.5) is 0 Å². The van der Waals surface area contributed by atoms with Crippen LogP contribution in [0.1, 0.15) is 37.7 Å². The Morgan fingerprint density at radius 1 is 0.633 bits per heavy atom. The lowest BCUT2D eigenvalue weighted by molar-refractivity contribution is 0.0989. The second-order valence-corrected chi connectivity index (χ2v) is 7.20. The topological polar surface area (TPSA) is 60.2 Å². The lowest BCUT2D eigenvalue weighted by Crippen LogP contribution is -2.20. The summed E-state index contributed by atoms with van der Waals surface area (Å²) in [5.74, 6) is -0.380. The number of aromatic nitrogens is 1. The summed E-state index contributed by atoms with van der Waals surface area (Å²) in [6, 6.07) is 26.0. The second-order valence-electron chi connectivity index (χ2n) is 7.20. The summed E-state index contributed by atoms with van der Waals surface area (Å²) in [4.78, 5) is 31.4. The summed E-state index contributed by atoms with van der Waals surface area (Å²) in [6.45, 7) is 1.99. The van der Waals surface area contributed by atoms with Crippen LogP contribution in [0.5, 0.6) is 0 Å². The number of rotatable bonds is 3. The molecule has 0 amide bonds. The van der Waals surface area contributed by atoms with Crippen molar-refractivity contribution in [2.45, 2.75) is 6.92 Å². The van der Waals surface area contributed by atoms with Gasteiger partial charge in [0.25, 0.3) is 0 Å². The first kappa shape index (κ1) is 18.0. The largest absolute Gasteiger partial charge is 0.432 e. The number of nitrogens with zero attached hydrogens (tertiary/aromatic N) is 1. The van der Waals surface area contributed by atoms with E-state index in [-0.39, 0.29) is 28.9 Å². The van der Waals surface area contributed by atoms with Gasteiger partial charge in [-0.15, -0.1) is 0 Å². The van der Waals surface area contributed by atoms with E-state index in [0.29, 0.717) is 22.3 Å². The van der Waals surface area contributed by atoms with Crippen molar-refractivity contribution in [3.05, 3.63) is 113 Å². The molecule has 4 aromatic rings. The number of allylic oxidation sites excluding steroid dienone is 2. The third kappa shape index (κ3) is 2.90. The van der Waals surface area contributed by atoms with E-state index in [1.54, 1.807) is 0 Å². The maximum atomic E-state index is 13.5. The molecule has 3 aromatic carbocycles. The number of carbonyl (C=O) groups is 2. The third-order valence-electron chi connectivity index (χ3n) is 5.18. The molecule has 30 heavy (non-hydrogen) atoms. The van der Waals surface area contributed by atoms with Crippen LogP contribution in [0.15, 0.2) is 89.3 Å². The minimum absolute atomic E-state index is 0.00545. The third-order valence-corrected chi connectivity index (χ3v) is 5.18. The van der Waals surface area contributed by atoms with E-state index in [1.165, 1.54) is 0 Å². The first-order chi connectivity index (χ1) is 14.6. The Bertz CT molecular complexity index is 1220. The highest BCUT2D eigenvalue weighted by Gasteiger charge is 2.38. The summed E-state index contributed by atoms with van der Waals surface area (Å²) in [5.41, 5.74) is 3.93. The van der Waals surface area contributed by atoms with Crippen molar-refractivity contribution >= 4 is 22.7 Å². The highest BCUT2D eigenvalue weighted by molar-refractivity contribution is 6.51. The molecule has 4 heteroatoms. The van der Waals surface area contributed by atoms with Crippen molar-refractivity contribution in [2.24, 2.45) is 0 Å². The fraction of sp³-hybridized carbons (Fsp3) is 0.0385. The lowest BCUT2D eigenvalue weighted by atomic mass is 9.83. The van der Waals surface area contributed by atoms with Gasteiger partial charge in [-0.25, -0.2) is 4.98 Å². The minimum atomic E-state index is -0.333. The van der Waals surface area contributed by atoms with Gasteiger partial charge in [0.05, 0.1) is 0 Å². The van der Waals surface area contributed by atoms with Crippen LogP contribution in [0.3, 0.4) is 0 Å². The molecule has 0 bridgehead atoms. The van der Waals surface area contributed by atoms with Gasteiger partial charge in [-0.1, -0.05) is 78.4 Å². The second kappa shape index (κ2) is 7.08. The number of carbonyl (C=O) groups excluding carboxylic acids is 2. The first-order valence-electron chi connectivity index (χ1n) is 9.66. The minimum Gasteiger partial charge on any atom is -0.432 e. The maximum absolute atomic E-state index is 13.5. The quantitative estimate of drug-likeness (QED) is 0.453. The number of benzene rings is 3. The fourth-order valence-electron chi connectivity index (χ4n) is 3.67. The molecule has 0 radical (unpaired) electrons. The molecule has 0 saturated heterocycles. The van der Waals surface area contributed by atoms with Crippen molar-refractivity contribution in [3.63, 3.8) is 0 Å². The summed E-state index contributed by atoms with van der Waals surface area (Å²) >= 11 is 0. The van der Waals surface area contributed by atoms with Crippen LogP contribution in [-0.4, -0.2) is 16.6 Å². The van der Waals surface area contributed by atoms with Crippen molar-refractivity contribution in [2.75, 3.05) is 0 Å². The van der Waals surface area contributed by atoms with Crippen molar-refractivity contribution in [1.29, 1.82) is 0 Å². The van der Waals surface area contributed by atoms with Crippen molar-refractivity contribution in [1.82, 2.24) is 4.98 Å². The summed E-state index contributed by atoms with van der Waals surface area (Å²) in [7, 11) is 0. The van der Waals surface area contributed by atoms with Crippen LogP contribution >= 0.6 is 0 Å². The van der Waals surface area contributed by atoms with E-state index in [1.807, 2.05) is 91.9 Å². The molecule has 0 spiro atoms. The zero-order chi connectivity index (χ0) is 20.7. The lowest BCUT2D eigenvalue weighted by Gasteiger charge is -2.17. The Hall–Kier alpha value is -4.05. The van der Waals surface area contributed by atoms with Gasteiger partial charge >= 0.3 is 0 Å². The van der Waals surface area contributed by atoms with E-state index in [4.69, 9.17) is 4.42 Å². The van der Waals surface area contributed by atoms with E-state index < -0.39 is 0 Å². The predicted octanol–water partition coefficient (Wildman–Crippen LogP) is 5.64. The van der Waals surface area contributed by atoms with Crippen LogP contribution in [-0.2, 0) is 0 Å². The molecule has 4 nitrogen and oxygen atoms in total. The number of Topliss-reactive ketones (excluding diaryl/α,β-unsaturated/α-hetero) is 2. The highest BCUT2D eigenvalue weighted by atomic mass is 16.4. The van der Waals surface area contributed by atoms with Crippen LogP contribution in [0.2, 0.25) is 0 Å². The Morgan fingerprint density at radius 3 is 1.73 bits per heavy atom. The van der Waals surface area contributed by atoms with Gasteiger partial charge in [0.1, 0.15) is 0 Å². The zero-order valence-electron chi connectivity index (χ0n) is 16.3. The van der Waals surface area contributed by atoms with Gasteiger partial charge < -0.3 is 4.42 Å². The van der Waals surface area contributed by atoms with E-state index in [0.717, 1.165) is 11.1 Å². The molecule has 0 atom stereocenters. The average molecular weight is 391 g/mol. The van der Waals surface area contributed by atoms with E-state index in [9.17, 15) is 9.59 Å². The number of ketones is 2. The van der Waals surface area contributed by atoms with Gasteiger partial charge in [-0.05, 0) is 30.2 Å². The molecule has 0 saturated carbocycles. The first-order valence-corrected chi connectivity index (χ1v) is 9.66. The summed E-state index contributed by atoms with van der Waals surface area (Å²) in [5, 5.41) is 0. The Labute approximate surface area is 173 Å². The standard InChI is InChI=1S/C26H17NO3/c1-16-12-14-19(15-13-16)26-27-22-23(28)20(17-8-4-2-5-9-17)21(24(29)25(22)30-26)18-10-6-3-7-11-18/h2-15H,1H3. The van der Waals surface area contributed by atoms with E-state index in [2.05, 4.69) is 4.98 Å². The Kier molecular flexibility index (Phi) is 4.25. The maximum Gasteiger partial charge on any atom is 0.232 e. The summed E-state index contributed by atoms with van der Waals surface area (Å²) in [6.07, 6.45) is 0. The number of fused-ring (bicyclic) bond motifs is 1. The Morgan fingerprint density at radius 2 is 1.17 bits per heavy atom. The number of oxazole rings is 1. The summed E-state index contributed by atoms with van der Waals surface area (Å²) < 4.78 is 5.83. The number of aryl methyl sites for hydroxylation is 1. The van der Waals surface area contributed by atoms with Gasteiger partial charge in [-0.2, -0.15) is 0 Å². The van der Waals surface area contributed by atoms with Crippen LogP contribution in [0, 0.1) is 6.92 Å². The fourth-order valence-corrected chi connectivity index (χ4v) is 3.67. The van der Waals surface area contributed by atoms with Gasteiger partial charge in [0.2, 0.25) is 23.2 Å². The SMILES string of the molecule is Cc1ccc(-c2nc3c(o2)C(=O)C(c2ccccc2)=C(c2ccccc2)C3=O)cc1. The number of hydrogen-bond acceptors (Lipinski definition) is 4. The molecule has 0 N–H and O–H groups in total. The molecule has 1 heterocycles. The van der Waals surface area contributed by atoms with Crippen molar-refractivity contribution in [3.8, 4) is 11.5 Å². The van der Waals surface area contributed by atoms with Crippen molar-refractivity contribution < 1.29 is 14.0 Å². The monoisotopic (exact) mass is 391 g/mol. The predicted molar refractivity (Wildman–Crippen MR) is 115 cm³/mol. The van der Waals surface area contributed by atoms with Crippen LogP contribution < -0.4 is 0 Å². The molecular formula is C26H17NO3.